The third-order valence-electron chi connectivity index (χ3n) is 5.63. The van der Waals surface area contributed by atoms with E-state index in [1.807, 2.05) is 13.8 Å². The maximum atomic E-state index is 13.7. The monoisotopic (exact) mass is 529 g/mol. The van der Waals surface area contributed by atoms with Gasteiger partial charge in [0.05, 0.1) is 18.2 Å². The number of alkyl halides is 3. The van der Waals surface area contributed by atoms with E-state index in [1.165, 1.54) is 30.5 Å². The summed E-state index contributed by atoms with van der Waals surface area (Å²) in [6.07, 6.45) is -3.49. The van der Waals surface area contributed by atoms with Crippen molar-refractivity contribution < 1.29 is 32.2 Å². The van der Waals surface area contributed by atoms with Crippen LogP contribution in [0.15, 0.2) is 35.3 Å². The Morgan fingerprint density at radius 3 is 2.50 bits per heavy atom. The molecule has 198 valence electrons. The molecule has 1 aromatic carbocycles. The summed E-state index contributed by atoms with van der Waals surface area (Å²) in [6, 6.07) is 4.77. The molecule has 0 amide bonds. The summed E-state index contributed by atoms with van der Waals surface area (Å²) in [6.45, 7) is 8.33. The zero-order chi connectivity index (χ0) is 26.8. The number of ether oxygens (including phenoxy) is 3. The standard InChI is InChI=1S/C26H31ClF3NO5/c1-15(2)34-9-8-21(24(33)36-25(3,4)5)31-13-22-20(12-23(31)32)19-11-18(27)7-6-16(19)10-17(14-35-22)26(28,29)30/h6-7,11-13,15,17,21H,8-10,14H2,1-5H3/t17-,21?/m1/s1. The molecule has 2 aromatic rings. The lowest BCUT2D eigenvalue weighted by Crippen LogP contribution is -2.36. The predicted octanol–water partition coefficient (Wildman–Crippen LogP) is 5.98. The van der Waals surface area contributed by atoms with Gasteiger partial charge < -0.3 is 14.2 Å². The number of halogens is 4. The number of esters is 1. The second-order valence-corrected chi connectivity index (χ2v) is 10.5. The Balaban J connectivity index is 2.12. The van der Waals surface area contributed by atoms with Crippen molar-refractivity contribution in [3.05, 3.63) is 51.4 Å². The van der Waals surface area contributed by atoms with E-state index in [0.29, 0.717) is 21.7 Å². The van der Waals surface area contributed by atoms with Crippen LogP contribution in [0.5, 0.6) is 5.75 Å². The molecular formula is C26H31ClF3NO5. The number of carbonyl (C=O) groups is 1. The van der Waals surface area contributed by atoms with E-state index in [1.54, 1.807) is 20.8 Å². The van der Waals surface area contributed by atoms with Gasteiger partial charge >= 0.3 is 12.1 Å². The van der Waals surface area contributed by atoms with Gasteiger partial charge in [-0.25, -0.2) is 4.79 Å². The van der Waals surface area contributed by atoms with Gasteiger partial charge in [-0.05, 0) is 64.3 Å². The summed E-state index contributed by atoms with van der Waals surface area (Å²) in [5.41, 5.74) is -0.245. The average molecular weight is 530 g/mol. The number of pyridine rings is 1. The zero-order valence-corrected chi connectivity index (χ0v) is 21.7. The quantitative estimate of drug-likeness (QED) is 0.431. The molecule has 6 nitrogen and oxygen atoms in total. The molecule has 36 heavy (non-hydrogen) atoms. The smallest absolute Gasteiger partial charge is 0.395 e. The number of hydrogen-bond donors (Lipinski definition) is 0. The van der Waals surface area contributed by atoms with Gasteiger partial charge in [-0.3, -0.25) is 9.36 Å². The summed E-state index contributed by atoms with van der Waals surface area (Å²) < 4.78 is 59.0. The van der Waals surface area contributed by atoms with Crippen molar-refractivity contribution in [2.24, 2.45) is 5.92 Å². The Labute approximate surface area is 213 Å². The maximum absolute atomic E-state index is 13.7. The molecule has 10 heteroatoms. The highest BCUT2D eigenvalue weighted by atomic mass is 35.5. The molecule has 2 atom stereocenters. The van der Waals surface area contributed by atoms with E-state index in [4.69, 9.17) is 25.8 Å². The second-order valence-electron chi connectivity index (χ2n) is 10.1. The van der Waals surface area contributed by atoms with E-state index in [9.17, 15) is 22.8 Å². The van der Waals surface area contributed by atoms with Crippen LogP contribution in [0, 0.1) is 5.92 Å². The van der Waals surface area contributed by atoms with Gasteiger partial charge in [-0.15, -0.1) is 0 Å². The highest BCUT2D eigenvalue weighted by Crippen LogP contribution is 2.40. The van der Waals surface area contributed by atoms with Crippen LogP contribution in [0.25, 0.3) is 11.1 Å². The largest absolute Gasteiger partial charge is 0.491 e. The van der Waals surface area contributed by atoms with Crippen LogP contribution in [0.3, 0.4) is 0 Å². The molecule has 1 aliphatic heterocycles. The fraction of sp³-hybridized carbons (Fsp3) is 0.538. The van der Waals surface area contributed by atoms with Crippen LogP contribution in [-0.2, 0) is 20.7 Å². The van der Waals surface area contributed by atoms with Crippen molar-refractivity contribution in [1.29, 1.82) is 0 Å². The van der Waals surface area contributed by atoms with Crippen molar-refractivity contribution in [1.82, 2.24) is 4.57 Å². The SMILES string of the molecule is CC(C)OCCC(C(=O)OC(C)(C)C)n1cc2c(cc1=O)-c1cc(Cl)ccc1C[C@@H](C(F)(F)F)CO2. The number of rotatable bonds is 6. The molecule has 3 rings (SSSR count). The van der Waals surface area contributed by atoms with Crippen molar-refractivity contribution >= 4 is 17.6 Å². The highest BCUT2D eigenvalue weighted by Gasteiger charge is 2.41. The van der Waals surface area contributed by atoms with E-state index in [2.05, 4.69) is 0 Å². The third-order valence-corrected chi connectivity index (χ3v) is 5.87. The Kier molecular flexibility index (Phi) is 8.45. The summed E-state index contributed by atoms with van der Waals surface area (Å²) in [5, 5.41) is 0.311. The van der Waals surface area contributed by atoms with Crippen LogP contribution in [0.1, 0.15) is 52.6 Å². The minimum absolute atomic E-state index is 0.0467. The number of aromatic nitrogens is 1. The first-order valence-electron chi connectivity index (χ1n) is 11.7. The molecule has 0 saturated carbocycles. The average Bonchev–Trinajstić information content (AvgIpc) is 2.72. The van der Waals surface area contributed by atoms with Gasteiger partial charge in [0, 0.05) is 29.7 Å². The predicted molar refractivity (Wildman–Crippen MR) is 130 cm³/mol. The van der Waals surface area contributed by atoms with Crippen molar-refractivity contribution in [2.75, 3.05) is 13.2 Å². The van der Waals surface area contributed by atoms with Crippen molar-refractivity contribution in [3.63, 3.8) is 0 Å². The molecule has 0 spiro atoms. The molecule has 2 heterocycles. The lowest BCUT2D eigenvalue weighted by Gasteiger charge is -2.28. The summed E-state index contributed by atoms with van der Waals surface area (Å²) in [7, 11) is 0. The van der Waals surface area contributed by atoms with E-state index < -0.39 is 41.9 Å². The Bertz CT molecular complexity index is 1150. The molecule has 0 N–H and O–H groups in total. The van der Waals surface area contributed by atoms with Gasteiger partial charge in [0.25, 0.3) is 5.56 Å². The van der Waals surface area contributed by atoms with Gasteiger partial charge in [-0.1, -0.05) is 17.7 Å². The Hall–Kier alpha value is -2.52. The van der Waals surface area contributed by atoms with Gasteiger partial charge in [0.2, 0.25) is 0 Å². The van der Waals surface area contributed by atoms with E-state index >= 15 is 0 Å². The van der Waals surface area contributed by atoms with Gasteiger partial charge in [-0.2, -0.15) is 13.2 Å². The summed E-state index contributed by atoms with van der Waals surface area (Å²) in [5.74, 6) is -2.36. The minimum Gasteiger partial charge on any atom is -0.491 e. The number of fused-ring (bicyclic) bond motifs is 3. The first-order chi connectivity index (χ1) is 16.7. The fourth-order valence-corrected chi connectivity index (χ4v) is 4.13. The molecule has 1 unspecified atom stereocenters. The van der Waals surface area contributed by atoms with E-state index in [0.717, 1.165) is 4.57 Å². The third kappa shape index (κ3) is 7.03. The normalized spacial score (nSPS) is 16.9. The maximum Gasteiger partial charge on any atom is 0.395 e. The Morgan fingerprint density at radius 2 is 1.89 bits per heavy atom. The van der Waals surface area contributed by atoms with Crippen LogP contribution in [0.4, 0.5) is 13.2 Å². The van der Waals surface area contributed by atoms with E-state index in [-0.39, 0.29) is 31.3 Å². The summed E-state index contributed by atoms with van der Waals surface area (Å²) in [4.78, 5) is 26.3. The molecule has 0 fully saturated rings. The molecular weight excluding hydrogens is 499 g/mol. The number of carbonyl (C=O) groups excluding carboxylic acids is 1. The van der Waals surface area contributed by atoms with Crippen LogP contribution in [0.2, 0.25) is 5.02 Å². The topological polar surface area (TPSA) is 66.8 Å². The molecule has 0 saturated heterocycles. The first-order valence-corrected chi connectivity index (χ1v) is 12.1. The molecule has 0 aliphatic carbocycles. The van der Waals surface area contributed by atoms with Crippen molar-refractivity contribution in [3.8, 4) is 16.9 Å². The molecule has 0 bridgehead atoms. The molecule has 1 aromatic heterocycles. The lowest BCUT2D eigenvalue weighted by molar-refractivity contribution is -0.181. The summed E-state index contributed by atoms with van der Waals surface area (Å²) >= 11 is 6.15. The highest BCUT2D eigenvalue weighted by molar-refractivity contribution is 6.30. The zero-order valence-electron chi connectivity index (χ0n) is 20.9. The van der Waals surface area contributed by atoms with Crippen LogP contribution in [-0.4, -0.2) is 41.6 Å². The minimum atomic E-state index is -4.49. The van der Waals surface area contributed by atoms with Gasteiger partial charge in [0.15, 0.2) is 0 Å². The second kappa shape index (κ2) is 10.8. The fourth-order valence-electron chi connectivity index (χ4n) is 3.96. The number of nitrogens with zero attached hydrogens (tertiary/aromatic N) is 1. The molecule has 1 aliphatic rings. The number of benzene rings is 1. The lowest BCUT2D eigenvalue weighted by atomic mass is 9.91. The Morgan fingerprint density at radius 1 is 1.19 bits per heavy atom. The van der Waals surface area contributed by atoms with Crippen molar-refractivity contribution in [2.45, 2.75) is 71.4 Å². The number of hydrogen-bond acceptors (Lipinski definition) is 5. The van der Waals surface area contributed by atoms with Crippen LogP contribution >= 0.6 is 11.6 Å². The van der Waals surface area contributed by atoms with Crippen LogP contribution < -0.4 is 10.3 Å². The molecule has 0 radical (unpaired) electrons. The van der Waals surface area contributed by atoms with Gasteiger partial charge in [0.1, 0.15) is 24.0 Å². The first kappa shape index (κ1) is 28.1.